The van der Waals surface area contributed by atoms with E-state index in [0.29, 0.717) is 18.0 Å². The average molecular weight is 335 g/mol. The molecule has 0 amide bonds. The molecule has 1 aromatic heterocycles. The summed E-state index contributed by atoms with van der Waals surface area (Å²) in [6, 6.07) is 12.2. The van der Waals surface area contributed by atoms with Gasteiger partial charge in [0.2, 0.25) is 5.95 Å². The Morgan fingerprint density at radius 2 is 1.96 bits per heavy atom. The standard InChI is InChI=1S/C20H25N5/c1-2-5-13(6-3-1)15-7-4-10-24-19(15)22-20(23-24)25-17-9-8-14-11-21-12-16(14)18(17)25/h1-3,5-6,14-18,21H,4,7-12H2/t14?,15?,16-,17-,18+,25?/m1/s1. The van der Waals surface area contributed by atoms with Crippen LogP contribution in [0.2, 0.25) is 0 Å². The highest BCUT2D eigenvalue weighted by atomic mass is 15.5. The SMILES string of the molecule is c1ccc(C2CCCn3nc(N4[C@H]5[C@@H]6CNCC6CC[C@H]54)nc32)cc1. The number of hydrogen-bond acceptors (Lipinski definition) is 4. The molecule has 2 unspecified atom stereocenters. The lowest BCUT2D eigenvalue weighted by atomic mass is 9.82. The van der Waals surface area contributed by atoms with Crippen molar-refractivity contribution in [3.05, 3.63) is 41.7 Å². The number of aromatic nitrogens is 3. The molecule has 4 heterocycles. The van der Waals surface area contributed by atoms with E-state index in [2.05, 4.69) is 45.2 Å². The molecule has 1 N–H and O–H groups in total. The van der Waals surface area contributed by atoms with E-state index in [4.69, 9.17) is 10.1 Å². The number of hydrogen-bond donors (Lipinski definition) is 1. The summed E-state index contributed by atoms with van der Waals surface area (Å²) >= 11 is 0. The van der Waals surface area contributed by atoms with E-state index in [1.807, 2.05) is 0 Å². The summed E-state index contributed by atoms with van der Waals surface area (Å²) in [7, 11) is 0. The van der Waals surface area contributed by atoms with Crippen LogP contribution in [0.1, 0.15) is 43.0 Å². The minimum Gasteiger partial charge on any atom is -0.329 e. The number of anilines is 1. The lowest BCUT2D eigenvalue weighted by Gasteiger charge is -2.22. The Hall–Kier alpha value is -1.88. The Morgan fingerprint density at radius 1 is 1.04 bits per heavy atom. The molecule has 130 valence electrons. The van der Waals surface area contributed by atoms with E-state index >= 15 is 0 Å². The maximum atomic E-state index is 5.07. The molecule has 1 saturated carbocycles. The molecule has 5 nitrogen and oxygen atoms in total. The first kappa shape index (κ1) is 14.3. The molecule has 2 saturated heterocycles. The molecule has 1 aliphatic carbocycles. The van der Waals surface area contributed by atoms with Crippen molar-refractivity contribution >= 4 is 5.95 Å². The molecule has 3 fully saturated rings. The first-order chi connectivity index (χ1) is 12.4. The monoisotopic (exact) mass is 335 g/mol. The zero-order chi connectivity index (χ0) is 16.4. The van der Waals surface area contributed by atoms with Crippen molar-refractivity contribution in [3.8, 4) is 0 Å². The molecule has 5 atom stereocenters. The summed E-state index contributed by atoms with van der Waals surface area (Å²) in [5.41, 5.74) is 1.38. The predicted molar refractivity (Wildman–Crippen MR) is 96.7 cm³/mol. The number of nitrogens with one attached hydrogen (secondary N) is 1. The quantitative estimate of drug-likeness (QED) is 0.856. The number of fused-ring (bicyclic) bond motifs is 4. The summed E-state index contributed by atoms with van der Waals surface area (Å²) < 4.78 is 2.19. The third kappa shape index (κ3) is 2.11. The van der Waals surface area contributed by atoms with Gasteiger partial charge in [-0.3, -0.25) is 0 Å². The van der Waals surface area contributed by atoms with Crippen molar-refractivity contribution in [1.29, 1.82) is 0 Å². The number of rotatable bonds is 2. The molecule has 0 bridgehead atoms. The Kier molecular flexibility index (Phi) is 3.04. The number of nitrogens with zero attached hydrogens (tertiary/aromatic N) is 4. The molecule has 0 radical (unpaired) electrons. The topological polar surface area (TPSA) is 45.8 Å². The lowest BCUT2D eigenvalue weighted by Crippen LogP contribution is -2.25. The molecule has 4 aliphatic rings. The average Bonchev–Trinajstić information content (AvgIpc) is 3.02. The van der Waals surface area contributed by atoms with Gasteiger partial charge in [-0.2, -0.15) is 4.98 Å². The van der Waals surface area contributed by atoms with Crippen LogP contribution in [0.4, 0.5) is 5.95 Å². The highest BCUT2D eigenvalue weighted by Crippen LogP contribution is 2.49. The van der Waals surface area contributed by atoms with Crippen molar-refractivity contribution in [1.82, 2.24) is 20.1 Å². The Labute approximate surface area is 148 Å². The maximum absolute atomic E-state index is 5.07. The van der Waals surface area contributed by atoms with Gasteiger partial charge in [0.15, 0.2) is 0 Å². The Bertz CT molecular complexity index is 785. The van der Waals surface area contributed by atoms with Crippen molar-refractivity contribution in [2.24, 2.45) is 11.8 Å². The third-order valence-corrected chi connectivity index (χ3v) is 6.94. The van der Waals surface area contributed by atoms with Gasteiger partial charge in [-0.15, -0.1) is 5.10 Å². The highest BCUT2D eigenvalue weighted by molar-refractivity contribution is 5.49. The van der Waals surface area contributed by atoms with Gasteiger partial charge >= 0.3 is 0 Å². The lowest BCUT2D eigenvalue weighted by molar-refractivity contribution is 0.340. The Balaban J connectivity index is 1.32. The van der Waals surface area contributed by atoms with E-state index in [1.54, 1.807) is 0 Å². The number of benzene rings is 1. The summed E-state index contributed by atoms with van der Waals surface area (Å²) in [6.07, 6.45) is 5.06. The van der Waals surface area contributed by atoms with Gasteiger partial charge < -0.3 is 10.2 Å². The molecule has 1 aromatic carbocycles. The van der Waals surface area contributed by atoms with Gasteiger partial charge in [0.05, 0.1) is 12.1 Å². The van der Waals surface area contributed by atoms with E-state index in [1.165, 1.54) is 50.2 Å². The summed E-state index contributed by atoms with van der Waals surface area (Å²) in [5.74, 6) is 4.27. The molecular formula is C20H25N5. The normalized spacial score (nSPS) is 35.8. The van der Waals surface area contributed by atoms with Gasteiger partial charge in [-0.25, -0.2) is 4.68 Å². The van der Waals surface area contributed by atoms with Crippen molar-refractivity contribution in [2.45, 2.75) is 50.2 Å². The van der Waals surface area contributed by atoms with Crippen LogP contribution in [-0.2, 0) is 6.54 Å². The molecular weight excluding hydrogens is 310 g/mol. The van der Waals surface area contributed by atoms with Gasteiger partial charge in [-0.1, -0.05) is 30.3 Å². The second-order valence-corrected chi connectivity index (χ2v) is 8.22. The van der Waals surface area contributed by atoms with Gasteiger partial charge in [0.1, 0.15) is 5.82 Å². The van der Waals surface area contributed by atoms with Crippen LogP contribution in [0.15, 0.2) is 30.3 Å². The smallest absolute Gasteiger partial charge is 0.245 e. The largest absolute Gasteiger partial charge is 0.329 e. The zero-order valence-corrected chi connectivity index (χ0v) is 14.5. The molecule has 3 aliphatic heterocycles. The van der Waals surface area contributed by atoms with Crippen LogP contribution >= 0.6 is 0 Å². The fraction of sp³-hybridized carbons (Fsp3) is 0.600. The fourth-order valence-corrected chi connectivity index (χ4v) is 5.69. The summed E-state index contributed by atoms with van der Waals surface area (Å²) in [6.45, 7) is 3.41. The molecule has 0 spiro atoms. The van der Waals surface area contributed by atoms with E-state index < -0.39 is 0 Å². The van der Waals surface area contributed by atoms with Crippen LogP contribution in [-0.4, -0.2) is 39.9 Å². The third-order valence-electron chi connectivity index (χ3n) is 6.94. The van der Waals surface area contributed by atoms with Gasteiger partial charge in [-0.05, 0) is 49.6 Å². The first-order valence-electron chi connectivity index (χ1n) is 9.89. The molecule has 2 aromatic rings. The van der Waals surface area contributed by atoms with Crippen LogP contribution in [0.3, 0.4) is 0 Å². The van der Waals surface area contributed by atoms with Gasteiger partial charge in [0.25, 0.3) is 0 Å². The fourth-order valence-electron chi connectivity index (χ4n) is 5.69. The van der Waals surface area contributed by atoms with Crippen molar-refractivity contribution in [2.75, 3.05) is 18.0 Å². The van der Waals surface area contributed by atoms with Crippen molar-refractivity contribution < 1.29 is 0 Å². The highest BCUT2D eigenvalue weighted by Gasteiger charge is 2.59. The van der Waals surface area contributed by atoms with E-state index in [0.717, 1.165) is 24.3 Å². The predicted octanol–water partition coefficient (Wildman–Crippen LogP) is 2.39. The minimum atomic E-state index is 0.402. The van der Waals surface area contributed by atoms with Crippen LogP contribution < -0.4 is 10.2 Å². The van der Waals surface area contributed by atoms with Crippen LogP contribution in [0.25, 0.3) is 0 Å². The first-order valence-corrected chi connectivity index (χ1v) is 9.89. The minimum absolute atomic E-state index is 0.402. The summed E-state index contributed by atoms with van der Waals surface area (Å²) in [4.78, 5) is 7.60. The van der Waals surface area contributed by atoms with E-state index in [9.17, 15) is 0 Å². The molecule has 5 heteroatoms. The Morgan fingerprint density at radius 3 is 2.88 bits per heavy atom. The maximum Gasteiger partial charge on any atom is 0.245 e. The second kappa shape index (κ2) is 5.31. The molecule has 25 heavy (non-hydrogen) atoms. The summed E-state index contributed by atoms with van der Waals surface area (Å²) in [5, 5.41) is 8.54. The van der Waals surface area contributed by atoms with Crippen molar-refractivity contribution in [3.63, 3.8) is 0 Å². The zero-order valence-electron chi connectivity index (χ0n) is 14.5. The molecule has 6 rings (SSSR count). The van der Waals surface area contributed by atoms with Crippen LogP contribution in [0.5, 0.6) is 0 Å². The second-order valence-electron chi connectivity index (χ2n) is 8.22. The number of aryl methyl sites for hydroxylation is 1. The van der Waals surface area contributed by atoms with Gasteiger partial charge in [0, 0.05) is 19.0 Å². The van der Waals surface area contributed by atoms with Crippen LogP contribution in [0, 0.1) is 11.8 Å². The van der Waals surface area contributed by atoms with E-state index in [-0.39, 0.29) is 0 Å².